The van der Waals surface area contributed by atoms with Crippen LogP contribution in [0.2, 0.25) is 0 Å². The molecule has 0 atom stereocenters. The summed E-state index contributed by atoms with van der Waals surface area (Å²) in [6.45, 7) is 3.11. The van der Waals surface area contributed by atoms with Gasteiger partial charge in [-0.05, 0) is 19.3 Å². The zero-order valence-corrected chi connectivity index (χ0v) is 10.5. The number of aromatic amines is 1. The molecule has 0 radical (unpaired) electrons. The summed E-state index contributed by atoms with van der Waals surface area (Å²) in [5.74, 6) is 2.07. The maximum Gasteiger partial charge on any atom is 0.252 e. The van der Waals surface area contributed by atoms with E-state index in [0.717, 1.165) is 37.4 Å². The Morgan fingerprint density at radius 2 is 2.24 bits per heavy atom. The van der Waals surface area contributed by atoms with Crippen LogP contribution < -0.4 is 10.9 Å². The van der Waals surface area contributed by atoms with Crippen molar-refractivity contribution in [1.29, 1.82) is 0 Å². The molecular formula is C13H21N3O. The molecule has 1 fully saturated rings. The van der Waals surface area contributed by atoms with Gasteiger partial charge in [-0.1, -0.05) is 26.2 Å². The molecule has 0 saturated heterocycles. The van der Waals surface area contributed by atoms with Crippen LogP contribution in [0.15, 0.2) is 10.9 Å². The molecule has 1 heterocycles. The first kappa shape index (κ1) is 12.1. The quantitative estimate of drug-likeness (QED) is 0.714. The van der Waals surface area contributed by atoms with Crippen molar-refractivity contribution < 1.29 is 0 Å². The molecule has 4 heteroatoms. The molecular weight excluding hydrogens is 214 g/mol. The van der Waals surface area contributed by atoms with Crippen LogP contribution in [0.1, 0.15) is 57.2 Å². The van der Waals surface area contributed by atoms with Gasteiger partial charge >= 0.3 is 0 Å². The van der Waals surface area contributed by atoms with Crippen molar-refractivity contribution in [2.75, 3.05) is 11.9 Å². The molecule has 2 N–H and O–H groups in total. The molecule has 0 amide bonds. The summed E-state index contributed by atoms with van der Waals surface area (Å²) >= 11 is 0. The van der Waals surface area contributed by atoms with Crippen molar-refractivity contribution in [3.63, 3.8) is 0 Å². The zero-order chi connectivity index (χ0) is 12.1. The molecule has 4 nitrogen and oxygen atoms in total. The van der Waals surface area contributed by atoms with Crippen molar-refractivity contribution in [2.24, 2.45) is 0 Å². The van der Waals surface area contributed by atoms with Crippen LogP contribution >= 0.6 is 0 Å². The first-order valence-electron chi connectivity index (χ1n) is 6.64. The third-order valence-electron chi connectivity index (χ3n) is 3.06. The van der Waals surface area contributed by atoms with Crippen molar-refractivity contribution >= 4 is 5.82 Å². The Kier molecular flexibility index (Phi) is 4.18. The largest absolute Gasteiger partial charge is 0.370 e. The lowest BCUT2D eigenvalue weighted by Crippen LogP contribution is -2.13. The van der Waals surface area contributed by atoms with Gasteiger partial charge in [0, 0.05) is 18.5 Å². The van der Waals surface area contributed by atoms with Gasteiger partial charge in [0.2, 0.25) is 0 Å². The van der Waals surface area contributed by atoms with E-state index in [4.69, 9.17) is 0 Å². The van der Waals surface area contributed by atoms with Gasteiger partial charge in [0.05, 0.1) is 0 Å². The number of nitrogens with zero attached hydrogens (tertiary/aromatic N) is 1. The Morgan fingerprint density at radius 1 is 1.41 bits per heavy atom. The van der Waals surface area contributed by atoms with E-state index in [9.17, 15) is 4.79 Å². The van der Waals surface area contributed by atoms with Gasteiger partial charge in [0.1, 0.15) is 11.6 Å². The number of hydrogen-bond donors (Lipinski definition) is 2. The molecule has 2 rings (SSSR count). The van der Waals surface area contributed by atoms with Crippen molar-refractivity contribution in [1.82, 2.24) is 9.97 Å². The van der Waals surface area contributed by atoms with Crippen molar-refractivity contribution in [3.8, 4) is 0 Å². The molecule has 0 spiro atoms. The third kappa shape index (κ3) is 3.88. The van der Waals surface area contributed by atoms with Crippen molar-refractivity contribution in [2.45, 2.75) is 51.4 Å². The normalized spacial score (nSPS) is 14.9. The van der Waals surface area contributed by atoms with Crippen LogP contribution in [-0.4, -0.2) is 16.5 Å². The zero-order valence-electron chi connectivity index (χ0n) is 10.5. The van der Waals surface area contributed by atoms with Gasteiger partial charge < -0.3 is 10.3 Å². The van der Waals surface area contributed by atoms with Gasteiger partial charge in [-0.3, -0.25) is 4.79 Å². The Balaban J connectivity index is 1.85. The maximum atomic E-state index is 11.4. The molecule has 0 unspecified atom stereocenters. The lowest BCUT2D eigenvalue weighted by molar-refractivity contribution is 0.684. The second-order valence-electron chi connectivity index (χ2n) is 4.78. The number of anilines is 1. The highest BCUT2D eigenvalue weighted by Crippen LogP contribution is 2.37. The fraction of sp³-hybridized carbons (Fsp3) is 0.692. The number of rotatable bonds is 7. The third-order valence-corrected chi connectivity index (χ3v) is 3.06. The number of nitrogens with one attached hydrogen (secondary N) is 2. The first-order valence-corrected chi connectivity index (χ1v) is 6.64. The van der Waals surface area contributed by atoms with Crippen LogP contribution in [0.4, 0.5) is 5.82 Å². The fourth-order valence-electron chi connectivity index (χ4n) is 1.89. The van der Waals surface area contributed by atoms with E-state index in [1.807, 2.05) is 0 Å². The van der Waals surface area contributed by atoms with E-state index < -0.39 is 0 Å². The predicted octanol–water partition coefficient (Wildman–Crippen LogP) is 2.64. The highest BCUT2D eigenvalue weighted by molar-refractivity contribution is 5.33. The van der Waals surface area contributed by atoms with E-state index in [0.29, 0.717) is 5.92 Å². The molecule has 94 valence electrons. The SMILES string of the molecule is CCCCCCNc1cc(=O)[nH]c(C2CC2)n1. The van der Waals surface area contributed by atoms with E-state index in [1.165, 1.54) is 19.3 Å². The first-order chi connectivity index (χ1) is 8.29. The van der Waals surface area contributed by atoms with Crippen LogP contribution in [0.5, 0.6) is 0 Å². The Hall–Kier alpha value is -1.32. The van der Waals surface area contributed by atoms with Gasteiger partial charge in [-0.15, -0.1) is 0 Å². The summed E-state index contributed by atoms with van der Waals surface area (Å²) in [5.41, 5.74) is -0.0436. The average Bonchev–Trinajstić information content (AvgIpc) is 3.12. The smallest absolute Gasteiger partial charge is 0.252 e. The van der Waals surface area contributed by atoms with E-state index in [1.54, 1.807) is 6.07 Å². The summed E-state index contributed by atoms with van der Waals surface area (Å²) in [7, 11) is 0. The van der Waals surface area contributed by atoms with Crippen LogP contribution in [0.25, 0.3) is 0 Å². The summed E-state index contributed by atoms with van der Waals surface area (Å²) < 4.78 is 0. The topological polar surface area (TPSA) is 57.8 Å². The minimum Gasteiger partial charge on any atom is -0.370 e. The second kappa shape index (κ2) is 5.84. The molecule has 1 aliphatic rings. The van der Waals surface area contributed by atoms with Gasteiger partial charge in [0.25, 0.3) is 5.56 Å². The summed E-state index contributed by atoms with van der Waals surface area (Å²) in [5, 5.41) is 3.24. The van der Waals surface area contributed by atoms with Crippen LogP contribution in [-0.2, 0) is 0 Å². The Bertz CT molecular complexity index is 409. The van der Waals surface area contributed by atoms with Gasteiger partial charge in [0.15, 0.2) is 0 Å². The Labute approximate surface area is 102 Å². The molecule has 1 saturated carbocycles. The lowest BCUT2D eigenvalue weighted by atomic mass is 10.2. The maximum absolute atomic E-state index is 11.4. The van der Waals surface area contributed by atoms with E-state index in [-0.39, 0.29) is 5.56 Å². The summed E-state index contributed by atoms with van der Waals surface area (Å²) in [4.78, 5) is 18.7. The lowest BCUT2D eigenvalue weighted by Gasteiger charge is -2.06. The number of hydrogen-bond acceptors (Lipinski definition) is 3. The van der Waals surface area contributed by atoms with Crippen molar-refractivity contribution in [3.05, 3.63) is 22.2 Å². The summed E-state index contributed by atoms with van der Waals surface area (Å²) in [6, 6.07) is 1.55. The predicted molar refractivity (Wildman–Crippen MR) is 69.5 cm³/mol. The molecule has 17 heavy (non-hydrogen) atoms. The van der Waals surface area contributed by atoms with E-state index in [2.05, 4.69) is 22.2 Å². The monoisotopic (exact) mass is 235 g/mol. The number of H-pyrrole nitrogens is 1. The molecule has 1 aromatic heterocycles. The highest BCUT2D eigenvalue weighted by atomic mass is 16.1. The van der Waals surface area contributed by atoms with Crippen LogP contribution in [0, 0.1) is 0 Å². The molecule has 1 aliphatic carbocycles. The number of unbranched alkanes of at least 4 members (excludes halogenated alkanes) is 3. The number of aromatic nitrogens is 2. The van der Waals surface area contributed by atoms with Gasteiger partial charge in [-0.25, -0.2) is 4.98 Å². The Morgan fingerprint density at radius 3 is 2.94 bits per heavy atom. The second-order valence-corrected chi connectivity index (χ2v) is 4.78. The minimum atomic E-state index is -0.0436. The van der Waals surface area contributed by atoms with Crippen LogP contribution in [0.3, 0.4) is 0 Å². The average molecular weight is 235 g/mol. The van der Waals surface area contributed by atoms with E-state index >= 15 is 0 Å². The molecule has 0 aromatic carbocycles. The molecule has 0 aliphatic heterocycles. The summed E-state index contributed by atoms with van der Waals surface area (Å²) in [6.07, 6.45) is 7.21. The highest BCUT2D eigenvalue weighted by Gasteiger charge is 2.26. The van der Waals surface area contributed by atoms with Gasteiger partial charge in [-0.2, -0.15) is 0 Å². The molecule has 1 aromatic rings. The molecule has 0 bridgehead atoms. The standard InChI is InChI=1S/C13H21N3O/c1-2-3-4-5-8-14-11-9-12(17)16-13(15-11)10-6-7-10/h9-10H,2-8H2,1H3,(H2,14,15,16,17). The fourth-order valence-corrected chi connectivity index (χ4v) is 1.89. The minimum absolute atomic E-state index is 0.0436.